The first kappa shape index (κ1) is 22.3. The van der Waals surface area contributed by atoms with E-state index >= 15 is 0 Å². The minimum Gasteiger partial charge on any atom is -0.497 e. The van der Waals surface area contributed by atoms with Gasteiger partial charge in [-0.25, -0.2) is 9.97 Å². The van der Waals surface area contributed by atoms with Gasteiger partial charge < -0.3 is 19.9 Å². The number of methoxy groups -OCH3 is 1. The van der Waals surface area contributed by atoms with E-state index in [0.717, 1.165) is 70.0 Å². The number of aromatic nitrogens is 2. The number of piperazine rings is 1. The van der Waals surface area contributed by atoms with Crippen LogP contribution in [0.25, 0.3) is 0 Å². The Morgan fingerprint density at radius 2 is 1.72 bits per heavy atom. The maximum absolute atomic E-state index is 5.35. The molecule has 2 aromatic rings. The normalized spacial score (nSPS) is 18.6. The summed E-state index contributed by atoms with van der Waals surface area (Å²) in [6, 6.07) is 10.6. The number of nitrogens with one attached hydrogen (secondary N) is 1. The molecule has 0 bridgehead atoms. The molecule has 1 atom stereocenters. The van der Waals surface area contributed by atoms with Gasteiger partial charge in [0.15, 0.2) is 5.96 Å². The molecule has 2 fully saturated rings. The van der Waals surface area contributed by atoms with Crippen LogP contribution in [-0.4, -0.2) is 85.2 Å². The lowest BCUT2D eigenvalue weighted by Crippen LogP contribution is -2.53. The summed E-state index contributed by atoms with van der Waals surface area (Å²) < 4.78 is 5.35. The summed E-state index contributed by atoms with van der Waals surface area (Å²) in [6.07, 6.45) is 6.13. The van der Waals surface area contributed by atoms with Gasteiger partial charge in [-0.2, -0.15) is 0 Å². The van der Waals surface area contributed by atoms with Crippen LogP contribution in [0.15, 0.2) is 47.7 Å². The SMILES string of the molecule is CCNC(=NCC(c1ccc(OC)cc1)N1CCCC1)N1CCN(c2ncccn2)CC1. The Hall–Kier alpha value is -2.87. The fraction of sp³-hybridized carbons (Fsp3) is 0.542. The number of guanidine groups is 1. The fourth-order valence-corrected chi connectivity index (χ4v) is 4.48. The predicted octanol–water partition coefficient (Wildman–Crippen LogP) is 2.41. The summed E-state index contributed by atoms with van der Waals surface area (Å²) in [7, 11) is 1.71. The summed E-state index contributed by atoms with van der Waals surface area (Å²) in [6.45, 7) is 9.60. The number of aliphatic imine (C=N–C) groups is 1. The second-order valence-corrected chi connectivity index (χ2v) is 8.25. The van der Waals surface area contributed by atoms with Gasteiger partial charge in [0.05, 0.1) is 19.7 Å². The van der Waals surface area contributed by atoms with Crippen LogP contribution >= 0.6 is 0 Å². The standard InChI is InChI=1S/C24H35N7O/c1-3-25-23(30-15-17-31(18-16-30)24-26-11-6-12-27-24)28-19-22(29-13-4-5-14-29)20-7-9-21(32-2)10-8-20/h6-12,22H,3-5,13-19H2,1-2H3,(H,25,28). The molecule has 2 saturated heterocycles. The zero-order chi connectivity index (χ0) is 22.2. The number of hydrogen-bond donors (Lipinski definition) is 1. The van der Waals surface area contributed by atoms with Crippen molar-refractivity contribution in [3.05, 3.63) is 48.3 Å². The minimum absolute atomic E-state index is 0.288. The van der Waals surface area contributed by atoms with Crippen molar-refractivity contribution in [1.29, 1.82) is 0 Å². The minimum atomic E-state index is 0.288. The smallest absolute Gasteiger partial charge is 0.225 e. The topological polar surface area (TPSA) is 69.1 Å². The van der Waals surface area contributed by atoms with Gasteiger partial charge in [-0.1, -0.05) is 12.1 Å². The molecule has 2 aliphatic heterocycles. The highest BCUT2D eigenvalue weighted by Gasteiger charge is 2.25. The highest BCUT2D eigenvalue weighted by atomic mass is 16.5. The van der Waals surface area contributed by atoms with Crippen molar-refractivity contribution in [2.45, 2.75) is 25.8 Å². The number of nitrogens with zero attached hydrogens (tertiary/aromatic N) is 6. The summed E-state index contributed by atoms with van der Waals surface area (Å²) >= 11 is 0. The Morgan fingerprint density at radius 1 is 1.03 bits per heavy atom. The molecule has 2 aliphatic rings. The Morgan fingerprint density at radius 3 is 2.34 bits per heavy atom. The Kier molecular flexibility index (Phi) is 7.77. The number of rotatable bonds is 7. The van der Waals surface area contributed by atoms with E-state index < -0.39 is 0 Å². The molecular formula is C24H35N7O. The van der Waals surface area contributed by atoms with Crippen LogP contribution in [0.3, 0.4) is 0 Å². The van der Waals surface area contributed by atoms with Gasteiger partial charge in [-0.05, 0) is 56.6 Å². The van der Waals surface area contributed by atoms with Crippen molar-refractivity contribution in [2.24, 2.45) is 4.99 Å². The lowest BCUT2D eigenvalue weighted by molar-refractivity contribution is 0.250. The molecule has 0 spiro atoms. The highest BCUT2D eigenvalue weighted by molar-refractivity contribution is 5.80. The molecule has 4 rings (SSSR count). The molecule has 1 aromatic carbocycles. The molecule has 1 N–H and O–H groups in total. The third-order valence-corrected chi connectivity index (χ3v) is 6.25. The average Bonchev–Trinajstić information content (AvgIpc) is 3.39. The Labute approximate surface area is 191 Å². The van der Waals surface area contributed by atoms with E-state index in [1.165, 1.54) is 18.4 Å². The van der Waals surface area contributed by atoms with Crippen molar-refractivity contribution >= 4 is 11.9 Å². The number of benzene rings is 1. The molecule has 172 valence electrons. The number of ether oxygens (including phenoxy) is 1. The summed E-state index contributed by atoms with van der Waals surface area (Å²) in [5.74, 6) is 2.70. The van der Waals surface area contributed by atoms with Gasteiger partial charge in [0, 0.05) is 45.1 Å². The van der Waals surface area contributed by atoms with Crippen LogP contribution in [0.1, 0.15) is 31.4 Å². The van der Waals surface area contributed by atoms with Gasteiger partial charge in [0.2, 0.25) is 5.95 Å². The van der Waals surface area contributed by atoms with E-state index in [9.17, 15) is 0 Å². The zero-order valence-electron chi connectivity index (χ0n) is 19.3. The second kappa shape index (κ2) is 11.1. The van der Waals surface area contributed by atoms with Gasteiger partial charge in [0.1, 0.15) is 5.75 Å². The maximum Gasteiger partial charge on any atom is 0.225 e. The molecule has 3 heterocycles. The molecule has 1 unspecified atom stereocenters. The molecule has 8 nitrogen and oxygen atoms in total. The lowest BCUT2D eigenvalue weighted by Gasteiger charge is -2.36. The van der Waals surface area contributed by atoms with Crippen LogP contribution in [-0.2, 0) is 0 Å². The van der Waals surface area contributed by atoms with Crippen LogP contribution in [0.5, 0.6) is 5.75 Å². The number of hydrogen-bond acceptors (Lipinski definition) is 6. The third kappa shape index (κ3) is 5.48. The molecule has 8 heteroatoms. The van der Waals surface area contributed by atoms with Gasteiger partial charge in [-0.15, -0.1) is 0 Å². The molecule has 0 aliphatic carbocycles. The van der Waals surface area contributed by atoms with Crippen LogP contribution in [0.4, 0.5) is 5.95 Å². The van der Waals surface area contributed by atoms with Gasteiger partial charge in [-0.3, -0.25) is 9.89 Å². The number of anilines is 1. The zero-order valence-corrected chi connectivity index (χ0v) is 19.3. The molecule has 0 amide bonds. The third-order valence-electron chi connectivity index (χ3n) is 6.25. The molecule has 0 saturated carbocycles. The first-order valence-electron chi connectivity index (χ1n) is 11.7. The van der Waals surface area contributed by atoms with E-state index in [-0.39, 0.29) is 6.04 Å². The quantitative estimate of drug-likeness (QED) is 0.527. The van der Waals surface area contributed by atoms with E-state index in [0.29, 0.717) is 0 Å². The molecule has 0 radical (unpaired) electrons. The van der Waals surface area contributed by atoms with E-state index in [4.69, 9.17) is 9.73 Å². The summed E-state index contributed by atoms with van der Waals surface area (Å²) in [5.41, 5.74) is 1.30. The maximum atomic E-state index is 5.35. The van der Waals surface area contributed by atoms with Crippen molar-refractivity contribution in [3.8, 4) is 5.75 Å². The monoisotopic (exact) mass is 437 g/mol. The lowest BCUT2D eigenvalue weighted by atomic mass is 10.1. The van der Waals surface area contributed by atoms with Gasteiger partial charge >= 0.3 is 0 Å². The highest BCUT2D eigenvalue weighted by Crippen LogP contribution is 2.27. The molecule has 32 heavy (non-hydrogen) atoms. The number of likely N-dealkylation sites (tertiary alicyclic amines) is 1. The fourth-order valence-electron chi connectivity index (χ4n) is 4.48. The van der Waals surface area contributed by atoms with Crippen molar-refractivity contribution in [2.75, 3.05) is 64.4 Å². The largest absolute Gasteiger partial charge is 0.497 e. The Balaban J connectivity index is 1.45. The van der Waals surface area contributed by atoms with E-state index in [1.807, 2.05) is 6.07 Å². The first-order valence-corrected chi connectivity index (χ1v) is 11.7. The van der Waals surface area contributed by atoms with Crippen molar-refractivity contribution in [3.63, 3.8) is 0 Å². The van der Waals surface area contributed by atoms with Crippen LogP contribution in [0.2, 0.25) is 0 Å². The Bertz CT molecular complexity index is 844. The van der Waals surface area contributed by atoms with E-state index in [1.54, 1.807) is 19.5 Å². The molecule has 1 aromatic heterocycles. The summed E-state index contributed by atoms with van der Waals surface area (Å²) in [4.78, 5) is 21.1. The molecular weight excluding hydrogens is 402 g/mol. The first-order chi connectivity index (χ1) is 15.8. The van der Waals surface area contributed by atoms with Crippen molar-refractivity contribution < 1.29 is 4.74 Å². The predicted molar refractivity (Wildman–Crippen MR) is 128 cm³/mol. The second-order valence-electron chi connectivity index (χ2n) is 8.25. The van der Waals surface area contributed by atoms with E-state index in [2.05, 4.69) is 61.2 Å². The average molecular weight is 438 g/mol. The summed E-state index contributed by atoms with van der Waals surface area (Å²) in [5, 5.41) is 3.51. The van der Waals surface area contributed by atoms with Crippen LogP contribution in [0, 0.1) is 0 Å². The van der Waals surface area contributed by atoms with Crippen LogP contribution < -0.4 is 15.0 Å². The van der Waals surface area contributed by atoms with Gasteiger partial charge in [0.25, 0.3) is 0 Å². The van der Waals surface area contributed by atoms with Crippen molar-refractivity contribution in [1.82, 2.24) is 25.1 Å².